The van der Waals surface area contributed by atoms with Crippen LogP contribution in [0.2, 0.25) is 0 Å². The number of aromatic nitrogens is 4. The molecule has 0 saturated heterocycles. The molecule has 0 atom stereocenters. The van der Waals surface area contributed by atoms with Gasteiger partial charge in [0.25, 0.3) is 0 Å². The van der Waals surface area contributed by atoms with Crippen LogP contribution in [0.5, 0.6) is 5.75 Å². The summed E-state index contributed by atoms with van der Waals surface area (Å²) in [5.74, 6) is 1.61. The number of methoxy groups -OCH3 is 1. The Morgan fingerprint density at radius 3 is 2.96 bits per heavy atom. The zero-order chi connectivity index (χ0) is 16.4. The monoisotopic (exact) mass is 331 g/mol. The highest BCUT2D eigenvalue weighted by Crippen LogP contribution is 2.23. The number of imidazole rings is 1. The van der Waals surface area contributed by atoms with Gasteiger partial charge in [0.15, 0.2) is 5.16 Å². The van der Waals surface area contributed by atoms with Crippen molar-refractivity contribution in [2.24, 2.45) is 7.05 Å². The van der Waals surface area contributed by atoms with E-state index < -0.39 is 0 Å². The Balaban J connectivity index is 1.63. The number of carbonyl (C=O) groups is 1. The van der Waals surface area contributed by atoms with E-state index in [0.29, 0.717) is 11.0 Å². The minimum absolute atomic E-state index is 0.101. The van der Waals surface area contributed by atoms with E-state index in [-0.39, 0.29) is 11.7 Å². The third-order valence-corrected chi connectivity index (χ3v) is 4.15. The number of nitrogens with one attached hydrogen (secondary N) is 2. The summed E-state index contributed by atoms with van der Waals surface area (Å²) in [6.07, 6.45) is 0. The highest BCUT2D eigenvalue weighted by Gasteiger charge is 2.10. The first-order valence-electron chi connectivity index (χ1n) is 7.02. The van der Waals surface area contributed by atoms with E-state index in [1.54, 1.807) is 18.8 Å². The van der Waals surface area contributed by atoms with E-state index in [1.807, 2.05) is 31.2 Å². The minimum atomic E-state index is -0.101. The summed E-state index contributed by atoms with van der Waals surface area (Å²) >= 11 is 1.35. The zero-order valence-corrected chi connectivity index (χ0v) is 13.9. The number of fused-ring (bicyclic) bond motifs is 1. The molecule has 0 aliphatic carbocycles. The number of benzene rings is 1. The van der Waals surface area contributed by atoms with Gasteiger partial charge in [-0.25, -0.2) is 4.98 Å². The van der Waals surface area contributed by atoms with Crippen molar-refractivity contribution >= 4 is 34.5 Å². The van der Waals surface area contributed by atoms with Crippen molar-refractivity contribution < 1.29 is 9.53 Å². The Kier molecular flexibility index (Phi) is 4.24. The molecule has 3 rings (SSSR count). The summed E-state index contributed by atoms with van der Waals surface area (Å²) < 4.78 is 6.83. The van der Waals surface area contributed by atoms with Gasteiger partial charge in [0.2, 0.25) is 5.91 Å². The molecule has 1 aromatic carbocycles. The lowest BCUT2D eigenvalue weighted by atomic mass is 10.3. The molecule has 1 amide bonds. The fraction of sp³-hybridized carbons (Fsp3) is 0.267. The number of carbonyl (C=O) groups excluding carboxylic acids is 1. The molecule has 2 heterocycles. The van der Waals surface area contributed by atoms with Gasteiger partial charge in [-0.1, -0.05) is 11.8 Å². The van der Waals surface area contributed by atoms with E-state index in [1.165, 1.54) is 11.8 Å². The van der Waals surface area contributed by atoms with Gasteiger partial charge in [-0.15, -0.1) is 0 Å². The van der Waals surface area contributed by atoms with Gasteiger partial charge >= 0.3 is 0 Å². The van der Waals surface area contributed by atoms with Crippen molar-refractivity contribution in [3.63, 3.8) is 0 Å². The third kappa shape index (κ3) is 3.48. The SMILES string of the molecule is COc1ccc2nc(SCC(=O)Nc3cc(C)nn3C)[nH]c2c1. The van der Waals surface area contributed by atoms with Gasteiger partial charge in [0.05, 0.1) is 29.6 Å². The number of nitrogens with zero attached hydrogens (tertiary/aromatic N) is 3. The van der Waals surface area contributed by atoms with Crippen LogP contribution in [0.15, 0.2) is 29.4 Å². The summed E-state index contributed by atoms with van der Waals surface area (Å²) in [4.78, 5) is 19.7. The van der Waals surface area contributed by atoms with Crippen LogP contribution in [0.1, 0.15) is 5.69 Å². The first kappa shape index (κ1) is 15.4. The van der Waals surface area contributed by atoms with Gasteiger partial charge in [-0.2, -0.15) is 5.10 Å². The smallest absolute Gasteiger partial charge is 0.235 e. The van der Waals surface area contributed by atoms with Crippen molar-refractivity contribution in [3.8, 4) is 5.75 Å². The molecule has 0 spiro atoms. The van der Waals surface area contributed by atoms with E-state index in [9.17, 15) is 4.79 Å². The van der Waals surface area contributed by atoms with Crippen LogP contribution in [0.4, 0.5) is 5.82 Å². The molecule has 0 saturated carbocycles. The van der Waals surface area contributed by atoms with Gasteiger partial charge in [0, 0.05) is 19.2 Å². The lowest BCUT2D eigenvalue weighted by molar-refractivity contribution is -0.113. The average Bonchev–Trinajstić information content (AvgIpc) is 3.07. The van der Waals surface area contributed by atoms with Crippen molar-refractivity contribution in [3.05, 3.63) is 30.0 Å². The number of hydrogen-bond donors (Lipinski definition) is 2. The maximum Gasteiger partial charge on any atom is 0.235 e. The summed E-state index contributed by atoms with van der Waals surface area (Å²) in [5, 5.41) is 7.72. The normalized spacial score (nSPS) is 10.9. The molecule has 3 aromatic rings. The number of hydrogen-bond acceptors (Lipinski definition) is 5. The van der Waals surface area contributed by atoms with Gasteiger partial charge < -0.3 is 15.0 Å². The first-order valence-corrected chi connectivity index (χ1v) is 8.01. The predicted octanol–water partition coefficient (Wildman–Crippen LogP) is 2.34. The molecule has 2 N–H and O–H groups in total. The van der Waals surface area contributed by atoms with Crippen molar-refractivity contribution in [2.75, 3.05) is 18.2 Å². The maximum absolute atomic E-state index is 12.0. The van der Waals surface area contributed by atoms with E-state index in [2.05, 4.69) is 20.4 Å². The zero-order valence-electron chi connectivity index (χ0n) is 13.1. The molecule has 0 radical (unpaired) electrons. The van der Waals surface area contributed by atoms with Crippen LogP contribution in [0.3, 0.4) is 0 Å². The van der Waals surface area contributed by atoms with Crippen LogP contribution in [-0.4, -0.2) is 38.5 Å². The van der Waals surface area contributed by atoms with Crippen molar-refractivity contribution in [1.82, 2.24) is 19.7 Å². The predicted molar refractivity (Wildman–Crippen MR) is 89.9 cm³/mol. The summed E-state index contributed by atoms with van der Waals surface area (Å²) in [5.41, 5.74) is 2.59. The lowest BCUT2D eigenvalue weighted by Gasteiger charge is -2.03. The Bertz CT molecular complexity index is 855. The maximum atomic E-state index is 12.0. The van der Waals surface area contributed by atoms with Crippen LogP contribution in [0, 0.1) is 6.92 Å². The highest BCUT2D eigenvalue weighted by molar-refractivity contribution is 7.99. The molecule has 0 aliphatic heterocycles. The summed E-state index contributed by atoms with van der Waals surface area (Å²) in [6, 6.07) is 7.45. The second kappa shape index (κ2) is 6.33. The average molecular weight is 331 g/mol. The second-order valence-corrected chi connectivity index (χ2v) is 6.02. The molecule has 8 heteroatoms. The van der Waals surface area contributed by atoms with Crippen molar-refractivity contribution in [1.29, 1.82) is 0 Å². The van der Waals surface area contributed by atoms with Crippen LogP contribution in [-0.2, 0) is 11.8 Å². The molecule has 7 nitrogen and oxygen atoms in total. The topological polar surface area (TPSA) is 84.8 Å². The van der Waals surface area contributed by atoms with Gasteiger partial charge in [0.1, 0.15) is 11.6 Å². The Morgan fingerprint density at radius 1 is 1.43 bits per heavy atom. The fourth-order valence-corrected chi connectivity index (χ4v) is 2.89. The van der Waals surface area contributed by atoms with E-state index in [0.717, 1.165) is 22.5 Å². The van der Waals surface area contributed by atoms with Crippen LogP contribution in [0.25, 0.3) is 11.0 Å². The number of aryl methyl sites for hydroxylation is 2. The minimum Gasteiger partial charge on any atom is -0.497 e. The number of ether oxygens (including phenoxy) is 1. The van der Waals surface area contributed by atoms with Crippen LogP contribution >= 0.6 is 11.8 Å². The number of anilines is 1. The van der Waals surface area contributed by atoms with Gasteiger partial charge in [-0.05, 0) is 19.1 Å². The lowest BCUT2D eigenvalue weighted by Crippen LogP contribution is -2.16. The summed E-state index contributed by atoms with van der Waals surface area (Å²) in [6.45, 7) is 1.88. The van der Waals surface area contributed by atoms with Crippen molar-refractivity contribution in [2.45, 2.75) is 12.1 Å². The molecule has 0 aliphatic rings. The Hall–Kier alpha value is -2.48. The van der Waals surface area contributed by atoms with Gasteiger partial charge in [-0.3, -0.25) is 9.48 Å². The Morgan fingerprint density at radius 2 is 2.26 bits per heavy atom. The second-order valence-electron chi connectivity index (χ2n) is 5.06. The number of aromatic amines is 1. The molecule has 0 bridgehead atoms. The number of amides is 1. The summed E-state index contributed by atoms with van der Waals surface area (Å²) in [7, 11) is 3.42. The highest BCUT2D eigenvalue weighted by atomic mass is 32.2. The third-order valence-electron chi connectivity index (χ3n) is 3.28. The van der Waals surface area contributed by atoms with E-state index >= 15 is 0 Å². The number of H-pyrrole nitrogens is 1. The molecule has 0 fully saturated rings. The quantitative estimate of drug-likeness (QED) is 0.701. The standard InChI is InChI=1S/C15H17N5O2S/c1-9-6-13(20(2)19-9)18-14(21)8-23-15-16-11-5-4-10(22-3)7-12(11)17-15/h4-7H,8H2,1-3H3,(H,16,17)(H,18,21). The molecule has 2 aromatic heterocycles. The fourth-order valence-electron chi connectivity index (χ4n) is 2.20. The number of thioether (sulfide) groups is 1. The molecular formula is C15H17N5O2S. The first-order chi connectivity index (χ1) is 11.0. The number of rotatable bonds is 5. The molecule has 23 heavy (non-hydrogen) atoms. The van der Waals surface area contributed by atoms with E-state index in [4.69, 9.17) is 4.74 Å². The molecule has 0 unspecified atom stereocenters. The van der Waals surface area contributed by atoms with Crippen LogP contribution < -0.4 is 10.1 Å². The molecular weight excluding hydrogens is 314 g/mol. The largest absolute Gasteiger partial charge is 0.497 e. The Labute approximate surface area is 137 Å². The molecule has 120 valence electrons.